The average molecular weight is 523 g/mol. The lowest BCUT2D eigenvalue weighted by molar-refractivity contribution is 0.0958. The van der Waals surface area contributed by atoms with Crippen LogP contribution in [0, 0.1) is 0 Å². The van der Waals surface area contributed by atoms with Crippen molar-refractivity contribution in [2.75, 3.05) is 32.2 Å². The van der Waals surface area contributed by atoms with Crippen LogP contribution in [0.4, 0.5) is 5.69 Å². The molecule has 6 nitrogen and oxygen atoms in total. The third kappa shape index (κ3) is 6.59. The third-order valence-corrected chi connectivity index (χ3v) is 7.11. The Morgan fingerprint density at radius 3 is 2.00 bits per heavy atom. The van der Waals surface area contributed by atoms with E-state index in [9.17, 15) is 4.79 Å². The maximum Gasteiger partial charge on any atom is 0.258 e. The zero-order chi connectivity index (χ0) is 27.0. The van der Waals surface area contributed by atoms with Crippen LogP contribution in [-0.4, -0.2) is 44.2 Å². The van der Waals surface area contributed by atoms with Gasteiger partial charge < -0.3 is 19.1 Å². The van der Waals surface area contributed by atoms with E-state index in [1.54, 1.807) is 14.2 Å². The Bertz CT molecular complexity index is 1350. The molecule has 4 aromatic rings. The van der Waals surface area contributed by atoms with E-state index in [-0.39, 0.29) is 11.9 Å². The summed E-state index contributed by atoms with van der Waals surface area (Å²) in [5, 5.41) is 0. The van der Waals surface area contributed by atoms with Crippen molar-refractivity contribution in [3.63, 3.8) is 0 Å². The van der Waals surface area contributed by atoms with Crippen LogP contribution in [0.25, 0.3) is 0 Å². The molecule has 4 aromatic carbocycles. The monoisotopic (exact) mass is 522 g/mol. The van der Waals surface area contributed by atoms with Gasteiger partial charge in [0.2, 0.25) is 0 Å². The molecule has 1 fully saturated rings. The van der Waals surface area contributed by atoms with Gasteiger partial charge in [0.15, 0.2) is 0 Å². The van der Waals surface area contributed by atoms with Gasteiger partial charge in [0.25, 0.3) is 5.91 Å². The van der Waals surface area contributed by atoms with Gasteiger partial charge in [-0.3, -0.25) is 9.69 Å². The zero-order valence-corrected chi connectivity index (χ0v) is 22.5. The van der Waals surface area contributed by atoms with Gasteiger partial charge in [0, 0.05) is 36.9 Å². The smallest absolute Gasteiger partial charge is 0.258 e. The van der Waals surface area contributed by atoms with E-state index >= 15 is 0 Å². The summed E-state index contributed by atoms with van der Waals surface area (Å²) in [7, 11) is 3.27. The number of benzene rings is 4. The van der Waals surface area contributed by atoms with Crippen molar-refractivity contribution in [2.24, 2.45) is 0 Å². The van der Waals surface area contributed by atoms with Crippen molar-refractivity contribution in [3.05, 3.63) is 114 Å². The molecule has 0 spiro atoms. The predicted octanol–water partition coefficient (Wildman–Crippen LogP) is 6.81. The first-order valence-corrected chi connectivity index (χ1v) is 13.3. The molecule has 0 saturated carbocycles. The number of ether oxygens (including phenoxy) is 3. The molecular formula is C33H34N2O4. The fourth-order valence-electron chi connectivity index (χ4n) is 5.04. The molecule has 6 heteroatoms. The van der Waals surface area contributed by atoms with Crippen molar-refractivity contribution in [2.45, 2.75) is 25.4 Å². The lowest BCUT2D eigenvalue weighted by atomic mass is 10.00. The third-order valence-electron chi connectivity index (χ3n) is 7.11. The Balaban J connectivity index is 1.27. The van der Waals surface area contributed by atoms with E-state index in [0.29, 0.717) is 5.56 Å². The van der Waals surface area contributed by atoms with E-state index in [4.69, 9.17) is 14.2 Å². The molecule has 1 heterocycles. The van der Waals surface area contributed by atoms with E-state index < -0.39 is 0 Å². The number of carbonyl (C=O) groups excluding carboxylic acids is 1. The molecule has 1 aliphatic heterocycles. The highest BCUT2D eigenvalue weighted by molar-refractivity contribution is 6.06. The van der Waals surface area contributed by atoms with E-state index in [1.165, 1.54) is 5.56 Å². The summed E-state index contributed by atoms with van der Waals surface area (Å²) in [4.78, 5) is 18.2. The molecule has 1 amide bonds. The number of piperidine rings is 1. The largest absolute Gasteiger partial charge is 0.497 e. The second-order valence-corrected chi connectivity index (χ2v) is 9.67. The van der Waals surface area contributed by atoms with Gasteiger partial charge in [-0.25, -0.2) is 0 Å². The Morgan fingerprint density at radius 1 is 0.744 bits per heavy atom. The first-order chi connectivity index (χ1) is 19.1. The molecule has 39 heavy (non-hydrogen) atoms. The summed E-state index contributed by atoms with van der Waals surface area (Å²) in [6.45, 7) is 2.64. The summed E-state index contributed by atoms with van der Waals surface area (Å²) in [6.07, 6.45) is 1.77. The molecule has 0 radical (unpaired) electrons. The topological polar surface area (TPSA) is 51.2 Å². The Morgan fingerprint density at radius 2 is 1.36 bits per heavy atom. The van der Waals surface area contributed by atoms with Crippen LogP contribution >= 0.6 is 0 Å². The van der Waals surface area contributed by atoms with Gasteiger partial charge in [-0.2, -0.15) is 0 Å². The van der Waals surface area contributed by atoms with Gasteiger partial charge in [0.1, 0.15) is 23.0 Å². The molecule has 0 atom stereocenters. The van der Waals surface area contributed by atoms with Crippen molar-refractivity contribution in [1.29, 1.82) is 0 Å². The van der Waals surface area contributed by atoms with Crippen LogP contribution in [-0.2, 0) is 6.54 Å². The highest BCUT2D eigenvalue weighted by Gasteiger charge is 2.30. The summed E-state index contributed by atoms with van der Waals surface area (Å²) >= 11 is 0. The van der Waals surface area contributed by atoms with Crippen LogP contribution in [0.1, 0.15) is 28.8 Å². The predicted molar refractivity (Wildman–Crippen MR) is 154 cm³/mol. The second-order valence-electron chi connectivity index (χ2n) is 9.67. The van der Waals surface area contributed by atoms with Gasteiger partial charge in [-0.05, 0) is 91.2 Å². The van der Waals surface area contributed by atoms with Crippen LogP contribution in [0.15, 0.2) is 103 Å². The number of hydrogen-bond donors (Lipinski definition) is 0. The Labute approximate surface area is 230 Å². The maximum atomic E-state index is 13.8. The number of likely N-dealkylation sites (tertiary alicyclic amines) is 1. The van der Waals surface area contributed by atoms with Crippen molar-refractivity contribution in [3.8, 4) is 23.0 Å². The number of anilines is 1. The van der Waals surface area contributed by atoms with Gasteiger partial charge in [-0.15, -0.1) is 0 Å². The number of rotatable bonds is 9. The van der Waals surface area contributed by atoms with Gasteiger partial charge in [-0.1, -0.05) is 30.3 Å². The standard InChI is InChI=1S/C33H34N2O4/c1-37-29-15-11-26(12-16-29)33(36)35(27-13-17-30(38-2)18-14-27)28-19-21-34(22-20-28)24-25-7-6-10-32(23-25)39-31-8-4-3-5-9-31/h3-18,23,28H,19-22,24H2,1-2H3. The lowest BCUT2D eigenvalue weighted by Gasteiger charge is -2.38. The summed E-state index contributed by atoms with van der Waals surface area (Å²) in [5.41, 5.74) is 2.73. The van der Waals surface area contributed by atoms with Crippen LogP contribution in [0.5, 0.6) is 23.0 Å². The summed E-state index contributed by atoms with van der Waals surface area (Å²) in [6, 6.07) is 33.3. The first-order valence-electron chi connectivity index (χ1n) is 13.3. The average Bonchev–Trinajstić information content (AvgIpc) is 2.99. The molecule has 1 aliphatic rings. The Kier molecular flexibility index (Phi) is 8.44. The minimum atomic E-state index is -0.00738. The van der Waals surface area contributed by atoms with Crippen molar-refractivity contribution < 1.29 is 19.0 Å². The molecule has 200 valence electrons. The molecule has 5 rings (SSSR count). The molecule has 0 bridgehead atoms. The van der Waals surface area contributed by atoms with E-state index in [1.807, 2.05) is 95.9 Å². The first kappa shape index (κ1) is 26.3. The second kappa shape index (κ2) is 12.5. The fraction of sp³-hybridized carbons (Fsp3) is 0.242. The van der Waals surface area contributed by atoms with Crippen molar-refractivity contribution in [1.82, 2.24) is 4.90 Å². The summed E-state index contributed by atoms with van der Waals surface area (Å²) < 4.78 is 16.7. The fourth-order valence-corrected chi connectivity index (χ4v) is 5.04. The van der Waals surface area contributed by atoms with Crippen LogP contribution in [0.3, 0.4) is 0 Å². The van der Waals surface area contributed by atoms with Crippen LogP contribution < -0.4 is 19.1 Å². The summed E-state index contributed by atoms with van der Waals surface area (Å²) in [5.74, 6) is 3.16. The molecule has 0 N–H and O–H groups in total. The molecular weight excluding hydrogens is 488 g/mol. The van der Waals surface area contributed by atoms with E-state index in [2.05, 4.69) is 17.0 Å². The number of methoxy groups -OCH3 is 2. The number of carbonyl (C=O) groups is 1. The normalized spacial score (nSPS) is 14.0. The van der Waals surface area contributed by atoms with Gasteiger partial charge in [0.05, 0.1) is 14.2 Å². The van der Waals surface area contributed by atoms with E-state index in [0.717, 1.165) is 61.2 Å². The minimum absolute atomic E-state index is 0.00738. The van der Waals surface area contributed by atoms with Crippen molar-refractivity contribution >= 4 is 11.6 Å². The Hall–Kier alpha value is -4.29. The number of amides is 1. The molecule has 0 aliphatic carbocycles. The molecule has 0 aromatic heterocycles. The zero-order valence-electron chi connectivity index (χ0n) is 22.5. The highest BCUT2D eigenvalue weighted by atomic mass is 16.5. The molecule has 0 unspecified atom stereocenters. The van der Waals surface area contributed by atoms with Gasteiger partial charge >= 0.3 is 0 Å². The number of nitrogens with zero attached hydrogens (tertiary/aromatic N) is 2. The quantitative estimate of drug-likeness (QED) is 0.242. The number of para-hydroxylation sites is 1. The number of hydrogen-bond acceptors (Lipinski definition) is 5. The molecule has 1 saturated heterocycles. The van der Waals surface area contributed by atoms with Crippen LogP contribution in [0.2, 0.25) is 0 Å². The SMILES string of the molecule is COc1ccc(C(=O)N(c2ccc(OC)cc2)C2CCN(Cc3cccc(Oc4ccccc4)c3)CC2)cc1. The maximum absolute atomic E-state index is 13.8. The minimum Gasteiger partial charge on any atom is -0.497 e. The highest BCUT2D eigenvalue weighted by Crippen LogP contribution is 2.29. The lowest BCUT2D eigenvalue weighted by Crippen LogP contribution is -2.47.